The number of aromatic nitrogens is 1. The van der Waals surface area contributed by atoms with Gasteiger partial charge < -0.3 is 15.8 Å². The van der Waals surface area contributed by atoms with Gasteiger partial charge in [0.05, 0.1) is 12.3 Å². The number of carbonyl (C=O) groups is 1. The van der Waals surface area contributed by atoms with Crippen LogP contribution in [0.4, 0.5) is 11.4 Å². The molecule has 1 aliphatic heterocycles. The zero-order valence-electron chi connectivity index (χ0n) is 16.4. The molecule has 4 N–H and O–H groups in total. The molecule has 0 spiro atoms. The summed E-state index contributed by atoms with van der Waals surface area (Å²) >= 11 is 1.67. The molecule has 0 aliphatic carbocycles. The predicted octanol–water partition coefficient (Wildman–Crippen LogP) is 2.98. The van der Waals surface area contributed by atoms with Crippen molar-refractivity contribution in [3.05, 3.63) is 76.2 Å². The number of nitrogens with one attached hydrogen (secondary N) is 2. The van der Waals surface area contributed by atoms with Gasteiger partial charge >= 0.3 is 0 Å². The summed E-state index contributed by atoms with van der Waals surface area (Å²) in [5.41, 5.74) is 9.94. The van der Waals surface area contributed by atoms with Crippen LogP contribution in [0.5, 0.6) is 0 Å². The number of hydrogen-bond donors (Lipinski definition) is 3. The van der Waals surface area contributed by atoms with Gasteiger partial charge in [0.15, 0.2) is 0 Å². The highest BCUT2D eigenvalue weighted by Crippen LogP contribution is 2.22. The fourth-order valence-corrected chi connectivity index (χ4v) is 4.05. The van der Waals surface area contributed by atoms with Crippen LogP contribution < -0.4 is 11.1 Å². The molecule has 0 saturated carbocycles. The van der Waals surface area contributed by atoms with Crippen LogP contribution in [0.25, 0.3) is 0 Å². The van der Waals surface area contributed by atoms with Crippen molar-refractivity contribution in [1.29, 1.82) is 5.41 Å². The quantitative estimate of drug-likeness (QED) is 0.419. The van der Waals surface area contributed by atoms with Gasteiger partial charge in [0.25, 0.3) is 5.91 Å². The molecule has 1 fully saturated rings. The monoisotopic (exact) mass is 421 g/mol. The van der Waals surface area contributed by atoms with E-state index in [1.54, 1.807) is 54.1 Å². The summed E-state index contributed by atoms with van der Waals surface area (Å²) in [5.74, 6) is -0.198. The number of nitrogens with zero attached hydrogens (tertiary/aromatic N) is 2. The molecule has 1 saturated heterocycles. The predicted molar refractivity (Wildman–Crippen MR) is 119 cm³/mol. The molecule has 3 aromatic rings. The number of nitrogens with two attached hydrogens (primary N) is 1. The van der Waals surface area contributed by atoms with Gasteiger partial charge in [-0.15, -0.1) is 0 Å². The van der Waals surface area contributed by atoms with E-state index < -0.39 is 6.10 Å². The molecule has 154 valence electrons. The Balaban J connectivity index is 1.43. The van der Waals surface area contributed by atoms with E-state index in [0.29, 0.717) is 35.7 Å². The van der Waals surface area contributed by atoms with Crippen LogP contribution in [0.15, 0.2) is 59.6 Å². The number of nitrogen functional groups attached to an aromatic ring is 1. The largest absolute Gasteiger partial charge is 0.398 e. The maximum Gasteiger partial charge on any atom is 0.254 e. The first-order valence-corrected chi connectivity index (χ1v) is 10.6. The lowest BCUT2D eigenvalue weighted by molar-refractivity contribution is -0.133. The lowest BCUT2D eigenvalue weighted by atomic mass is 10.0. The van der Waals surface area contributed by atoms with Gasteiger partial charge in [0.2, 0.25) is 0 Å². The molecule has 0 bridgehead atoms. The van der Waals surface area contributed by atoms with E-state index in [9.17, 15) is 4.79 Å². The van der Waals surface area contributed by atoms with Crippen molar-refractivity contribution < 1.29 is 9.53 Å². The van der Waals surface area contributed by atoms with E-state index in [1.165, 1.54) is 5.56 Å². The fraction of sp³-hybridized carbons (Fsp3) is 0.227. The summed E-state index contributed by atoms with van der Waals surface area (Å²) < 4.78 is 5.71. The molecular formula is C22H23N5O2S. The number of carbonyl (C=O) groups excluding carboxylic acids is 1. The minimum absolute atomic E-state index is 0.198. The summed E-state index contributed by atoms with van der Waals surface area (Å²) in [6, 6.07) is 10.8. The molecule has 2 aromatic heterocycles. The molecular weight excluding hydrogens is 398 g/mol. The Kier molecular flexibility index (Phi) is 6.18. The topological polar surface area (TPSA) is 104 Å². The molecule has 7 nitrogen and oxygen atoms in total. The van der Waals surface area contributed by atoms with Crippen LogP contribution in [0.1, 0.15) is 16.7 Å². The Bertz CT molecular complexity index is 1020. The third-order valence-corrected chi connectivity index (χ3v) is 5.72. The van der Waals surface area contributed by atoms with Crippen LogP contribution in [0, 0.1) is 5.41 Å². The highest BCUT2D eigenvalue weighted by atomic mass is 32.1. The van der Waals surface area contributed by atoms with Crippen LogP contribution in [-0.4, -0.2) is 47.3 Å². The molecule has 1 amide bonds. The first kappa shape index (κ1) is 20.2. The summed E-state index contributed by atoms with van der Waals surface area (Å²) in [4.78, 5) is 19.0. The zero-order chi connectivity index (χ0) is 20.9. The molecule has 30 heavy (non-hydrogen) atoms. The number of benzene rings is 1. The second kappa shape index (κ2) is 9.17. The average molecular weight is 422 g/mol. The number of thiophene rings is 1. The number of amides is 1. The van der Waals surface area contributed by atoms with Gasteiger partial charge in [-0.05, 0) is 52.7 Å². The second-order valence-corrected chi connectivity index (χ2v) is 7.91. The van der Waals surface area contributed by atoms with Crippen molar-refractivity contribution in [3.63, 3.8) is 0 Å². The van der Waals surface area contributed by atoms with Crippen molar-refractivity contribution in [2.45, 2.75) is 12.6 Å². The van der Waals surface area contributed by atoms with Gasteiger partial charge in [-0.3, -0.25) is 20.1 Å². The van der Waals surface area contributed by atoms with E-state index in [1.807, 2.05) is 0 Å². The van der Waals surface area contributed by atoms with Crippen molar-refractivity contribution in [3.8, 4) is 0 Å². The number of morpholine rings is 1. The van der Waals surface area contributed by atoms with Gasteiger partial charge in [-0.25, -0.2) is 0 Å². The second-order valence-electron chi connectivity index (χ2n) is 7.13. The van der Waals surface area contributed by atoms with Crippen molar-refractivity contribution in [2.24, 2.45) is 0 Å². The third-order valence-electron chi connectivity index (χ3n) is 4.99. The van der Waals surface area contributed by atoms with Crippen molar-refractivity contribution >= 4 is 34.3 Å². The SMILES string of the molecule is N=C(c1ccncc1)c1cc(NC(=O)C2CN(Cc3ccsc3)CCO2)ccc1N. The smallest absolute Gasteiger partial charge is 0.254 e. The van der Waals surface area contributed by atoms with E-state index in [0.717, 1.165) is 13.1 Å². The Labute approximate surface area is 179 Å². The highest BCUT2D eigenvalue weighted by molar-refractivity contribution is 7.07. The molecule has 1 atom stereocenters. The summed E-state index contributed by atoms with van der Waals surface area (Å²) in [6.07, 6.45) is 2.72. The summed E-state index contributed by atoms with van der Waals surface area (Å²) in [5, 5.41) is 15.5. The molecule has 1 aromatic carbocycles. The first-order valence-electron chi connectivity index (χ1n) is 9.65. The number of pyridine rings is 1. The highest BCUT2D eigenvalue weighted by Gasteiger charge is 2.27. The Morgan fingerprint density at radius 1 is 1.30 bits per heavy atom. The zero-order valence-corrected chi connectivity index (χ0v) is 17.2. The van der Waals surface area contributed by atoms with Crippen LogP contribution in [0.3, 0.4) is 0 Å². The van der Waals surface area contributed by atoms with Crippen molar-refractivity contribution in [1.82, 2.24) is 9.88 Å². The van der Waals surface area contributed by atoms with Crippen LogP contribution >= 0.6 is 11.3 Å². The van der Waals surface area contributed by atoms with E-state index in [4.69, 9.17) is 15.9 Å². The molecule has 3 heterocycles. The average Bonchev–Trinajstić information content (AvgIpc) is 3.28. The van der Waals surface area contributed by atoms with E-state index in [-0.39, 0.29) is 11.6 Å². The molecule has 8 heteroatoms. The first-order chi connectivity index (χ1) is 14.6. The van der Waals surface area contributed by atoms with Crippen LogP contribution in [0.2, 0.25) is 0 Å². The Morgan fingerprint density at radius 3 is 2.90 bits per heavy atom. The number of rotatable bonds is 6. The number of anilines is 2. The normalized spacial score (nSPS) is 16.9. The number of ether oxygens (including phenoxy) is 1. The third kappa shape index (κ3) is 4.73. The van der Waals surface area contributed by atoms with Gasteiger partial charge in [-0.1, -0.05) is 0 Å². The van der Waals surface area contributed by atoms with E-state index >= 15 is 0 Å². The summed E-state index contributed by atoms with van der Waals surface area (Å²) in [6.45, 7) is 2.67. The van der Waals surface area contributed by atoms with Crippen molar-refractivity contribution in [2.75, 3.05) is 30.7 Å². The molecule has 1 unspecified atom stereocenters. The van der Waals surface area contributed by atoms with Gasteiger partial charge in [0.1, 0.15) is 6.10 Å². The van der Waals surface area contributed by atoms with Gasteiger partial charge in [0, 0.05) is 54.5 Å². The standard InChI is InChI=1S/C22H23N5O2S/c23-19-2-1-17(11-18(19)21(24)16-3-6-25-7-4-16)26-22(28)20-13-27(8-9-29-20)12-15-5-10-30-14-15/h1-7,10-11,14,20,24H,8-9,12-13,23H2,(H,26,28). The lowest BCUT2D eigenvalue weighted by Crippen LogP contribution is -2.47. The molecule has 4 rings (SSSR count). The molecule has 0 radical (unpaired) electrons. The fourth-order valence-electron chi connectivity index (χ4n) is 3.39. The maximum absolute atomic E-state index is 12.8. The molecule has 1 aliphatic rings. The minimum Gasteiger partial charge on any atom is -0.398 e. The Morgan fingerprint density at radius 2 is 2.13 bits per heavy atom. The minimum atomic E-state index is -0.543. The lowest BCUT2D eigenvalue weighted by Gasteiger charge is -2.32. The Hall–Kier alpha value is -3.07. The van der Waals surface area contributed by atoms with Crippen LogP contribution in [-0.2, 0) is 16.1 Å². The summed E-state index contributed by atoms with van der Waals surface area (Å²) in [7, 11) is 0. The maximum atomic E-state index is 12.8. The number of hydrogen-bond acceptors (Lipinski definition) is 7. The van der Waals surface area contributed by atoms with E-state index in [2.05, 4.69) is 32.0 Å². The van der Waals surface area contributed by atoms with Gasteiger partial charge in [-0.2, -0.15) is 11.3 Å².